The van der Waals surface area contributed by atoms with Gasteiger partial charge in [0.25, 0.3) is 5.91 Å². The van der Waals surface area contributed by atoms with Crippen LogP contribution in [0.5, 0.6) is 0 Å². The van der Waals surface area contributed by atoms with Crippen LogP contribution in [0.3, 0.4) is 0 Å². The summed E-state index contributed by atoms with van der Waals surface area (Å²) in [5, 5.41) is 18.7. The lowest BCUT2D eigenvalue weighted by atomic mass is 10.2. The van der Waals surface area contributed by atoms with E-state index in [2.05, 4.69) is 15.5 Å². The van der Waals surface area contributed by atoms with Crippen LogP contribution in [0, 0.1) is 0 Å². The first-order valence-electron chi connectivity index (χ1n) is 7.26. The lowest BCUT2D eigenvalue weighted by Crippen LogP contribution is -2.35. The smallest absolute Gasteiger partial charge is 0.435 e. The number of nitrogens with zero attached hydrogens (tertiary/aromatic N) is 4. The van der Waals surface area contributed by atoms with Crippen LogP contribution in [0.1, 0.15) is 35.9 Å². The Hall–Kier alpha value is -2.85. The number of aromatic nitrogens is 4. The average molecular weight is 359 g/mol. The largest absolute Gasteiger partial charge is 0.480 e. The van der Waals surface area contributed by atoms with Gasteiger partial charge < -0.3 is 10.4 Å². The summed E-state index contributed by atoms with van der Waals surface area (Å²) in [5.41, 5.74) is -0.855. The van der Waals surface area contributed by atoms with E-state index < -0.39 is 35.8 Å². The molecule has 0 aliphatic carbocycles. The number of aliphatic carboxylic acids is 1. The minimum absolute atomic E-state index is 0.0431. The number of hydrogen-bond acceptors (Lipinski definition) is 4. The van der Waals surface area contributed by atoms with Crippen LogP contribution in [-0.2, 0) is 17.5 Å². The van der Waals surface area contributed by atoms with Crippen LogP contribution in [0.25, 0.3) is 0 Å². The third kappa shape index (κ3) is 4.58. The van der Waals surface area contributed by atoms with Crippen molar-refractivity contribution in [3.05, 3.63) is 35.9 Å². The highest BCUT2D eigenvalue weighted by molar-refractivity contribution is 5.93. The van der Waals surface area contributed by atoms with Gasteiger partial charge in [-0.2, -0.15) is 23.4 Å². The molecule has 2 rings (SSSR count). The Bertz CT molecular complexity index is 768. The van der Waals surface area contributed by atoms with Gasteiger partial charge in [0.05, 0.1) is 18.3 Å². The number of carboxylic acid groups (broad SMARTS) is 1. The van der Waals surface area contributed by atoms with Crippen LogP contribution < -0.4 is 5.32 Å². The molecule has 0 aliphatic rings. The normalized spacial score (nSPS) is 14.1. The topological polar surface area (TPSA) is 102 Å². The number of amides is 1. The van der Waals surface area contributed by atoms with Gasteiger partial charge in [-0.3, -0.25) is 14.2 Å². The highest BCUT2D eigenvalue weighted by atomic mass is 19.4. The second-order valence-electron chi connectivity index (χ2n) is 5.52. The minimum Gasteiger partial charge on any atom is -0.480 e. The Morgan fingerprint density at radius 1 is 1.36 bits per heavy atom. The second kappa shape index (κ2) is 6.95. The predicted octanol–water partition coefficient (Wildman–Crippen LogP) is 1.56. The van der Waals surface area contributed by atoms with Crippen molar-refractivity contribution >= 4 is 11.9 Å². The first kappa shape index (κ1) is 18.5. The van der Waals surface area contributed by atoms with Crippen LogP contribution in [-0.4, -0.2) is 42.6 Å². The minimum atomic E-state index is -4.52. The molecule has 0 bridgehead atoms. The Kier molecular flexibility index (Phi) is 5.14. The van der Waals surface area contributed by atoms with Gasteiger partial charge in [0.2, 0.25) is 0 Å². The first-order chi connectivity index (χ1) is 11.6. The molecule has 2 unspecified atom stereocenters. The summed E-state index contributed by atoms with van der Waals surface area (Å²) in [4.78, 5) is 23.0. The van der Waals surface area contributed by atoms with E-state index in [1.165, 1.54) is 25.5 Å². The Balaban J connectivity index is 1.96. The van der Waals surface area contributed by atoms with E-state index in [1.807, 2.05) is 0 Å². The Morgan fingerprint density at radius 2 is 2.04 bits per heavy atom. The number of rotatable bonds is 6. The number of carbonyl (C=O) groups is 2. The summed E-state index contributed by atoms with van der Waals surface area (Å²) in [5.74, 6) is -1.61. The molecule has 136 valence electrons. The van der Waals surface area contributed by atoms with E-state index in [9.17, 15) is 22.8 Å². The Labute approximate surface area is 140 Å². The van der Waals surface area contributed by atoms with E-state index in [1.54, 1.807) is 6.92 Å². The van der Waals surface area contributed by atoms with E-state index in [0.717, 1.165) is 15.4 Å². The fraction of sp³-hybridized carbons (Fsp3) is 0.429. The monoisotopic (exact) mass is 359 g/mol. The van der Waals surface area contributed by atoms with Gasteiger partial charge in [-0.15, -0.1) is 0 Å². The molecule has 8 nitrogen and oxygen atoms in total. The van der Waals surface area contributed by atoms with Crippen molar-refractivity contribution < 1.29 is 27.9 Å². The summed E-state index contributed by atoms with van der Waals surface area (Å²) < 4.78 is 39.7. The lowest BCUT2D eigenvalue weighted by molar-refractivity contribution is -0.142. The van der Waals surface area contributed by atoms with Crippen molar-refractivity contribution in [3.63, 3.8) is 0 Å². The van der Waals surface area contributed by atoms with Crippen molar-refractivity contribution in [3.8, 4) is 0 Å². The number of carboxylic acids is 1. The number of hydrogen-bond donors (Lipinski definition) is 2. The SMILES string of the molecule is CC(Cn1ccc(C(F)(F)F)n1)NC(=O)c1cnn(C(C)C(=O)O)c1. The number of nitrogens with one attached hydrogen (secondary N) is 1. The first-order valence-corrected chi connectivity index (χ1v) is 7.26. The quantitative estimate of drug-likeness (QED) is 0.815. The second-order valence-corrected chi connectivity index (χ2v) is 5.52. The maximum Gasteiger partial charge on any atom is 0.435 e. The summed E-state index contributed by atoms with van der Waals surface area (Å²) in [6.45, 7) is 3.06. The molecule has 0 aromatic carbocycles. The van der Waals surface area contributed by atoms with Gasteiger partial charge in [0.1, 0.15) is 6.04 Å². The molecule has 0 spiro atoms. The highest BCUT2D eigenvalue weighted by Gasteiger charge is 2.33. The molecule has 0 fully saturated rings. The molecule has 2 heterocycles. The zero-order valence-corrected chi connectivity index (χ0v) is 13.4. The van der Waals surface area contributed by atoms with Crippen molar-refractivity contribution in [2.45, 2.75) is 38.7 Å². The molecule has 2 aromatic heterocycles. The molecular formula is C14H16F3N5O3. The standard InChI is InChI=1S/C14H16F3N5O3/c1-8(6-21-4-3-11(20-21)14(15,16)17)19-12(23)10-5-18-22(7-10)9(2)13(24)25/h3-5,7-9H,6H2,1-2H3,(H,19,23)(H,24,25). The molecular weight excluding hydrogens is 343 g/mol. The van der Waals surface area contributed by atoms with Gasteiger partial charge >= 0.3 is 12.1 Å². The van der Waals surface area contributed by atoms with Crippen LogP contribution in [0.4, 0.5) is 13.2 Å². The number of halogens is 3. The van der Waals surface area contributed by atoms with Gasteiger partial charge in [-0.1, -0.05) is 0 Å². The fourth-order valence-electron chi connectivity index (χ4n) is 2.03. The average Bonchev–Trinajstić information content (AvgIpc) is 3.14. The molecule has 0 saturated carbocycles. The van der Waals surface area contributed by atoms with E-state index in [4.69, 9.17) is 5.11 Å². The molecule has 11 heteroatoms. The molecule has 2 N–H and O–H groups in total. The van der Waals surface area contributed by atoms with Crippen molar-refractivity contribution in [2.24, 2.45) is 0 Å². The van der Waals surface area contributed by atoms with Gasteiger partial charge in [-0.05, 0) is 19.9 Å². The number of carbonyl (C=O) groups excluding carboxylic acids is 1. The van der Waals surface area contributed by atoms with Crippen LogP contribution in [0.15, 0.2) is 24.7 Å². The molecule has 2 atom stereocenters. The maximum absolute atomic E-state index is 12.5. The van der Waals surface area contributed by atoms with E-state index >= 15 is 0 Å². The maximum atomic E-state index is 12.5. The van der Waals surface area contributed by atoms with Gasteiger partial charge in [0.15, 0.2) is 5.69 Å². The molecule has 2 aromatic rings. The Morgan fingerprint density at radius 3 is 2.60 bits per heavy atom. The van der Waals surface area contributed by atoms with Gasteiger partial charge in [0, 0.05) is 18.4 Å². The van der Waals surface area contributed by atoms with Gasteiger partial charge in [-0.25, -0.2) is 4.79 Å². The van der Waals surface area contributed by atoms with Crippen LogP contribution >= 0.6 is 0 Å². The van der Waals surface area contributed by atoms with Crippen LogP contribution in [0.2, 0.25) is 0 Å². The highest BCUT2D eigenvalue weighted by Crippen LogP contribution is 2.27. The zero-order valence-electron chi connectivity index (χ0n) is 13.4. The fourth-order valence-corrected chi connectivity index (χ4v) is 2.03. The summed E-state index contributed by atoms with van der Waals surface area (Å²) >= 11 is 0. The molecule has 0 aliphatic heterocycles. The molecule has 25 heavy (non-hydrogen) atoms. The summed E-state index contributed by atoms with van der Waals surface area (Å²) in [6.07, 6.45) is -0.834. The van der Waals surface area contributed by atoms with E-state index in [-0.39, 0.29) is 12.1 Å². The predicted molar refractivity (Wildman–Crippen MR) is 78.7 cm³/mol. The van der Waals surface area contributed by atoms with Crippen molar-refractivity contribution in [2.75, 3.05) is 0 Å². The summed E-state index contributed by atoms with van der Waals surface area (Å²) in [7, 11) is 0. The molecule has 0 saturated heterocycles. The third-order valence-electron chi connectivity index (χ3n) is 3.39. The summed E-state index contributed by atoms with van der Waals surface area (Å²) in [6, 6.07) is -0.580. The third-order valence-corrected chi connectivity index (χ3v) is 3.39. The number of alkyl halides is 3. The van der Waals surface area contributed by atoms with E-state index in [0.29, 0.717) is 0 Å². The lowest BCUT2D eigenvalue weighted by Gasteiger charge is -2.13. The molecule has 0 radical (unpaired) electrons. The zero-order chi connectivity index (χ0) is 18.8. The molecule has 1 amide bonds. The van der Waals surface area contributed by atoms with Crippen molar-refractivity contribution in [1.82, 2.24) is 24.9 Å². The van der Waals surface area contributed by atoms with Crippen molar-refractivity contribution in [1.29, 1.82) is 0 Å².